The maximum Gasteiger partial charge on any atom is 0.311 e. The van der Waals surface area contributed by atoms with Gasteiger partial charge in [-0.3, -0.25) is 9.78 Å². The third-order valence-corrected chi connectivity index (χ3v) is 2.45. The van der Waals surface area contributed by atoms with E-state index in [0.29, 0.717) is 0 Å². The zero-order valence-corrected chi connectivity index (χ0v) is 10.3. The van der Waals surface area contributed by atoms with Gasteiger partial charge in [0.1, 0.15) is 6.07 Å². The van der Waals surface area contributed by atoms with Gasteiger partial charge in [-0.2, -0.15) is 5.26 Å². The molecule has 0 aromatic carbocycles. The predicted octanol–water partition coefficient (Wildman–Crippen LogP) is 1.46. The number of ether oxygens (including phenoxy) is 1. The molecule has 0 fully saturated rings. The van der Waals surface area contributed by atoms with Crippen molar-refractivity contribution in [2.75, 3.05) is 6.61 Å². The lowest BCUT2D eigenvalue weighted by Gasteiger charge is -2.12. The number of alkyl halides is 2. The number of nitrogens with two attached hydrogens (primary N) is 1. The van der Waals surface area contributed by atoms with E-state index < -0.39 is 18.0 Å². The molecule has 0 aliphatic carbocycles. The lowest BCUT2D eigenvalue weighted by molar-refractivity contribution is -0.142. The summed E-state index contributed by atoms with van der Waals surface area (Å²) in [5.41, 5.74) is 4.65. The molecule has 1 heterocycles. The Morgan fingerprint density at radius 3 is 2.79 bits per heavy atom. The van der Waals surface area contributed by atoms with E-state index in [-0.39, 0.29) is 36.4 Å². The number of esters is 1. The van der Waals surface area contributed by atoms with Gasteiger partial charge in [-0.1, -0.05) is 0 Å². The summed E-state index contributed by atoms with van der Waals surface area (Å²) in [6, 6.07) is 1.66. The molecule has 102 valence electrons. The van der Waals surface area contributed by atoms with Crippen molar-refractivity contribution in [2.24, 2.45) is 5.73 Å². The van der Waals surface area contributed by atoms with Crippen LogP contribution in [0.3, 0.4) is 0 Å². The number of nitriles is 1. The van der Waals surface area contributed by atoms with Crippen LogP contribution in [-0.4, -0.2) is 17.6 Å². The Morgan fingerprint density at radius 2 is 2.32 bits per heavy atom. The maximum absolute atomic E-state index is 13.0. The van der Waals surface area contributed by atoms with Crippen molar-refractivity contribution in [3.63, 3.8) is 0 Å². The first-order chi connectivity index (χ1) is 9.04. The van der Waals surface area contributed by atoms with E-state index in [1.807, 2.05) is 0 Å². The van der Waals surface area contributed by atoms with Gasteiger partial charge in [-0.25, -0.2) is 8.78 Å². The summed E-state index contributed by atoms with van der Waals surface area (Å²) in [4.78, 5) is 15.2. The molecule has 1 aromatic rings. The summed E-state index contributed by atoms with van der Waals surface area (Å²) in [5, 5.41) is 8.99. The highest BCUT2D eigenvalue weighted by Crippen LogP contribution is 2.27. The maximum atomic E-state index is 13.0. The van der Waals surface area contributed by atoms with E-state index in [0.717, 1.165) is 6.20 Å². The Balaban J connectivity index is 3.24. The minimum atomic E-state index is -2.85. The second kappa shape index (κ2) is 6.75. The van der Waals surface area contributed by atoms with Gasteiger partial charge in [0.15, 0.2) is 0 Å². The van der Waals surface area contributed by atoms with Crippen LogP contribution >= 0.6 is 0 Å². The number of carbonyl (C=O) groups excluding carboxylic acids is 1. The van der Waals surface area contributed by atoms with Gasteiger partial charge < -0.3 is 10.5 Å². The van der Waals surface area contributed by atoms with Gasteiger partial charge in [0, 0.05) is 18.3 Å². The van der Waals surface area contributed by atoms with Crippen LogP contribution in [0, 0.1) is 11.3 Å². The Labute approximate surface area is 109 Å². The van der Waals surface area contributed by atoms with Gasteiger partial charge in [-0.15, -0.1) is 0 Å². The molecule has 0 bridgehead atoms. The van der Waals surface area contributed by atoms with Crippen molar-refractivity contribution < 1.29 is 18.3 Å². The van der Waals surface area contributed by atoms with Crippen LogP contribution in [0.4, 0.5) is 8.78 Å². The van der Waals surface area contributed by atoms with Crippen LogP contribution in [-0.2, 0) is 22.5 Å². The number of halogens is 2. The van der Waals surface area contributed by atoms with Crippen molar-refractivity contribution >= 4 is 5.97 Å². The molecule has 5 nitrogen and oxygen atoms in total. The number of rotatable bonds is 5. The monoisotopic (exact) mass is 269 g/mol. The Morgan fingerprint density at radius 1 is 1.63 bits per heavy atom. The predicted molar refractivity (Wildman–Crippen MR) is 62.1 cm³/mol. The van der Waals surface area contributed by atoms with Crippen LogP contribution in [0.15, 0.2) is 6.20 Å². The molecule has 0 saturated heterocycles. The molecule has 7 heteroatoms. The van der Waals surface area contributed by atoms with Crippen molar-refractivity contribution in [3.8, 4) is 6.07 Å². The fraction of sp³-hybridized carbons (Fsp3) is 0.417. The van der Waals surface area contributed by atoms with E-state index >= 15 is 0 Å². The van der Waals surface area contributed by atoms with Crippen molar-refractivity contribution in [3.05, 3.63) is 28.6 Å². The first-order valence-electron chi connectivity index (χ1n) is 5.59. The van der Waals surface area contributed by atoms with E-state index in [2.05, 4.69) is 4.98 Å². The van der Waals surface area contributed by atoms with Gasteiger partial charge in [0.2, 0.25) is 0 Å². The lowest BCUT2D eigenvalue weighted by Crippen LogP contribution is -2.14. The summed E-state index contributed by atoms with van der Waals surface area (Å²) in [6.45, 7) is 1.64. The van der Waals surface area contributed by atoms with Crippen LogP contribution in [0.5, 0.6) is 0 Å². The number of hydrogen-bond acceptors (Lipinski definition) is 5. The van der Waals surface area contributed by atoms with Crippen molar-refractivity contribution in [2.45, 2.75) is 26.3 Å². The van der Waals surface area contributed by atoms with Gasteiger partial charge in [0.25, 0.3) is 6.43 Å². The zero-order valence-electron chi connectivity index (χ0n) is 10.3. The number of hydrogen-bond donors (Lipinski definition) is 1. The third kappa shape index (κ3) is 3.45. The van der Waals surface area contributed by atoms with E-state index in [4.69, 9.17) is 15.7 Å². The topological polar surface area (TPSA) is 89.0 Å². The molecule has 0 amide bonds. The van der Waals surface area contributed by atoms with Crippen LogP contribution in [0.1, 0.15) is 35.7 Å². The molecule has 0 spiro atoms. The average molecular weight is 269 g/mol. The standard InChI is InChI=1S/C12H13F2N3O2/c1-2-19-10(18)3-9-8(5-16)11(12(13)14)7(4-15)6-17-9/h6,12H,2-4,15H2,1H3. The fourth-order valence-corrected chi connectivity index (χ4v) is 1.63. The number of nitrogens with zero attached hydrogens (tertiary/aromatic N) is 2. The number of pyridine rings is 1. The van der Waals surface area contributed by atoms with Crippen LogP contribution in [0.25, 0.3) is 0 Å². The molecule has 19 heavy (non-hydrogen) atoms. The van der Waals surface area contributed by atoms with Crippen LogP contribution < -0.4 is 5.73 Å². The Hall–Kier alpha value is -2.07. The molecule has 0 aliphatic heterocycles. The molecule has 0 radical (unpaired) electrons. The minimum Gasteiger partial charge on any atom is -0.466 e. The SMILES string of the molecule is CCOC(=O)Cc1ncc(CN)c(C(F)F)c1C#N. The zero-order chi connectivity index (χ0) is 14.4. The second-order valence-electron chi connectivity index (χ2n) is 3.62. The second-order valence-corrected chi connectivity index (χ2v) is 3.62. The molecule has 0 saturated carbocycles. The highest BCUT2D eigenvalue weighted by molar-refractivity contribution is 5.73. The average Bonchev–Trinajstić information content (AvgIpc) is 2.38. The lowest BCUT2D eigenvalue weighted by atomic mass is 10.0. The van der Waals surface area contributed by atoms with E-state index in [9.17, 15) is 13.6 Å². The summed E-state index contributed by atoms with van der Waals surface area (Å²) in [6.07, 6.45) is -2.00. The van der Waals surface area contributed by atoms with Gasteiger partial charge in [0.05, 0.1) is 24.3 Å². The summed E-state index contributed by atoms with van der Waals surface area (Å²) >= 11 is 0. The van der Waals surface area contributed by atoms with Gasteiger partial charge >= 0.3 is 5.97 Å². The largest absolute Gasteiger partial charge is 0.466 e. The molecule has 1 aromatic heterocycles. The first-order valence-corrected chi connectivity index (χ1v) is 5.59. The normalized spacial score (nSPS) is 10.3. The Kier molecular flexibility index (Phi) is 5.33. The number of aromatic nitrogens is 1. The summed E-state index contributed by atoms with van der Waals surface area (Å²) in [7, 11) is 0. The highest BCUT2D eigenvalue weighted by Gasteiger charge is 2.22. The first kappa shape index (κ1) is 15.0. The van der Waals surface area contributed by atoms with E-state index in [1.54, 1.807) is 13.0 Å². The molecule has 2 N–H and O–H groups in total. The number of carbonyl (C=O) groups is 1. The van der Waals surface area contributed by atoms with Crippen molar-refractivity contribution in [1.82, 2.24) is 4.98 Å². The Bertz CT molecular complexity index is 512. The molecule has 0 unspecified atom stereocenters. The summed E-state index contributed by atoms with van der Waals surface area (Å²) < 4.78 is 30.7. The summed E-state index contributed by atoms with van der Waals surface area (Å²) in [5.74, 6) is -0.618. The van der Waals surface area contributed by atoms with Crippen LogP contribution in [0.2, 0.25) is 0 Å². The fourth-order valence-electron chi connectivity index (χ4n) is 1.63. The third-order valence-electron chi connectivity index (χ3n) is 2.45. The molecular formula is C12H13F2N3O2. The molecule has 0 atom stereocenters. The van der Waals surface area contributed by atoms with Crippen molar-refractivity contribution in [1.29, 1.82) is 5.26 Å². The minimum absolute atomic E-state index is 0.0200. The molecule has 1 rings (SSSR count). The van der Waals surface area contributed by atoms with E-state index in [1.165, 1.54) is 0 Å². The highest BCUT2D eigenvalue weighted by atomic mass is 19.3. The quantitative estimate of drug-likeness (QED) is 0.817. The van der Waals surface area contributed by atoms with Gasteiger partial charge in [-0.05, 0) is 12.5 Å². The molecular weight excluding hydrogens is 256 g/mol. The molecule has 0 aliphatic rings. The smallest absolute Gasteiger partial charge is 0.311 e.